The molecule has 0 N–H and O–H groups in total. The van der Waals surface area contributed by atoms with Crippen LogP contribution in [-0.2, 0) is 28.6 Å². The van der Waals surface area contributed by atoms with E-state index in [-0.39, 0.29) is 37.5 Å². The van der Waals surface area contributed by atoms with Gasteiger partial charge in [-0.2, -0.15) is 0 Å². The van der Waals surface area contributed by atoms with E-state index in [4.69, 9.17) is 14.2 Å². The summed E-state index contributed by atoms with van der Waals surface area (Å²) in [5.41, 5.74) is 0. The number of unbranched alkanes of at least 4 members (excludes halogenated alkanes) is 11. The van der Waals surface area contributed by atoms with E-state index in [0.717, 1.165) is 173 Å². The maximum absolute atomic E-state index is 12.9. The average Bonchev–Trinajstić information content (AvgIpc) is 3.46. The molecule has 0 amide bonds. The van der Waals surface area contributed by atoms with Gasteiger partial charge in [0.15, 0.2) is 6.10 Å². The monoisotopic (exact) mass is 1100 g/mol. The van der Waals surface area contributed by atoms with Gasteiger partial charge >= 0.3 is 17.9 Å². The van der Waals surface area contributed by atoms with Crippen LogP contribution in [0.15, 0.2) is 194 Å². The van der Waals surface area contributed by atoms with E-state index in [1.807, 2.05) is 0 Å². The summed E-state index contributed by atoms with van der Waals surface area (Å²) in [6.07, 6.45) is 100. The number of carbonyl (C=O) groups excluding carboxylic acids is 3. The van der Waals surface area contributed by atoms with Crippen LogP contribution in [0.2, 0.25) is 0 Å². The van der Waals surface area contributed by atoms with Gasteiger partial charge in [-0.1, -0.05) is 247 Å². The van der Waals surface area contributed by atoms with Crippen molar-refractivity contribution in [1.82, 2.24) is 0 Å². The smallest absolute Gasteiger partial charge is 0.306 e. The van der Waals surface area contributed by atoms with Crippen molar-refractivity contribution in [3.05, 3.63) is 194 Å². The summed E-state index contributed by atoms with van der Waals surface area (Å²) >= 11 is 0. The summed E-state index contributed by atoms with van der Waals surface area (Å²) in [5.74, 6) is -1.02. The van der Waals surface area contributed by atoms with E-state index in [9.17, 15) is 14.4 Å². The van der Waals surface area contributed by atoms with Gasteiger partial charge in [0.05, 0.1) is 0 Å². The van der Waals surface area contributed by atoms with Crippen molar-refractivity contribution in [2.75, 3.05) is 13.2 Å². The van der Waals surface area contributed by atoms with E-state index in [1.54, 1.807) is 0 Å². The van der Waals surface area contributed by atoms with Crippen LogP contribution in [0, 0.1) is 0 Å². The lowest BCUT2D eigenvalue weighted by Gasteiger charge is -2.18. The molecule has 444 valence electrons. The minimum Gasteiger partial charge on any atom is -0.462 e. The fourth-order valence-electron chi connectivity index (χ4n) is 7.67. The second-order valence-electron chi connectivity index (χ2n) is 19.8. The van der Waals surface area contributed by atoms with Crippen molar-refractivity contribution in [2.45, 2.75) is 239 Å². The van der Waals surface area contributed by atoms with Gasteiger partial charge in [-0.25, -0.2) is 0 Å². The van der Waals surface area contributed by atoms with Crippen LogP contribution in [0.3, 0.4) is 0 Å². The second kappa shape index (κ2) is 65.8. The minimum atomic E-state index is -0.830. The zero-order valence-corrected chi connectivity index (χ0v) is 50.8. The Labute approximate surface area is 490 Å². The molecule has 0 aromatic carbocycles. The Hall–Kier alpha value is -5.75. The standard InChI is InChI=1S/C74H112O6/c1-4-7-10-13-16-19-22-24-26-28-30-32-33-34-35-36-37-38-39-40-41-43-44-46-48-50-52-55-58-61-64-67-73(76)79-70-71(69-78-72(75)66-63-60-57-54-21-18-15-12-9-6-3)80-74(77)68-65-62-59-56-53-51-49-47-45-42-31-29-27-25-23-20-17-14-11-8-5-2/h7-8,10-12,15-17,19-20,24-27,30-32,34-35,37-38,40-42,44,46-47,49-50,52-53,56,71H,4-6,9,13-14,18,21-23,28-29,33,36,39,43,45,48,51,54-55,57-70H2,1-3H3/b10-7-,11-8-,15-12-,19-16-,20-17-,26-24-,27-25-,32-30-,35-34-,38-37-,41-40-,42-31-,46-44-,49-47-,52-50-,56-53-. The first-order valence-electron chi connectivity index (χ1n) is 31.4. The van der Waals surface area contributed by atoms with Crippen molar-refractivity contribution in [1.29, 1.82) is 0 Å². The fraction of sp³-hybridized carbons (Fsp3) is 0.527. The highest BCUT2D eigenvalue weighted by Crippen LogP contribution is 2.12. The van der Waals surface area contributed by atoms with E-state index in [1.165, 1.54) is 12.8 Å². The Morgan fingerprint density at radius 2 is 0.487 bits per heavy atom. The van der Waals surface area contributed by atoms with Crippen LogP contribution in [-0.4, -0.2) is 37.2 Å². The Balaban J connectivity index is 4.44. The molecule has 0 saturated heterocycles. The summed E-state index contributed by atoms with van der Waals surface area (Å²) in [5, 5.41) is 0. The van der Waals surface area contributed by atoms with Gasteiger partial charge < -0.3 is 14.2 Å². The van der Waals surface area contributed by atoms with Crippen LogP contribution in [0.5, 0.6) is 0 Å². The van der Waals surface area contributed by atoms with Gasteiger partial charge in [-0.15, -0.1) is 0 Å². The maximum atomic E-state index is 12.9. The SMILES string of the molecule is CC/C=C\C/C=C\C/C=C\C/C=C\C/C=C\C/C=C\C/C=C\C/C=C\C/C=C\CCCCCC(=O)OCC(COC(=O)CCCCCCC/C=C\CCC)OC(=O)CCCC/C=C\C/C=C\C/C=C\C/C=C\C/C=C\C/C=C\CC. The lowest BCUT2D eigenvalue weighted by molar-refractivity contribution is -0.167. The van der Waals surface area contributed by atoms with E-state index >= 15 is 0 Å². The largest absolute Gasteiger partial charge is 0.462 e. The molecule has 6 heteroatoms. The normalized spacial score (nSPS) is 13.5. The lowest BCUT2D eigenvalue weighted by atomic mass is 10.1. The Morgan fingerprint density at radius 1 is 0.263 bits per heavy atom. The molecule has 0 aliphatic rings. The minimum absolute atomic E-state index is 0.121. The number of hydrogen-bond donors (Lipinski definition) is 0. The quantitative estimate of drug-likeness (QED) is 0.0261. The predicted molar refractivity (Wildman–Crippen MR) is 347 cm³/mol. The third-order valence-electron chi connectivity index (χ3n) is 12.3. The first-order chi connectivity index (χ1) is 39.5. The zero-order valence-electron chi connectivity index (χ0n) is 50.8. The lowest BCUT2D eigenvalue weighted by Crippen LogP contribution is -2.30. The number of rotatable bonds is 54. The van der Waals surface area contributed by atoms with Gasteiger partial charge in [0.25, 0.3) is 0 Å². The molecule has 0 radical (unpaired) electrons. The van der Waals surface area contributed by atoms with Gasteiger partial charge in [0, 0.05) is 19.3 Å². The highest BCUT2D eigenvalue weighted by molar-refractivity contribution is 5.71. The van der Waals surface area contributed by atoms with E-state index < -0.39 is 6.10 Å². The second-order valence-corrected chi connectivity index (χ2v) is 19.8. The average molecular weight is 1100 g/mol. The number of carbonyl (C=O) groups is 3. The van der Waals surface area contributed by atoms with Gasteiger partial charge in [0.2, 0.25) is 0 Å². The van der Waals surface area contributed by atoms with E-state index in [2.05, 4.69) is 215 Å². The fourth-order valence-corrected chi connectivity index (χ4v) is 7.67. The number of allylic oxidation sites excluding steroid dienone is 32. The van der Waals surface area contributed by atoms with Crippen LogP contribution in [0.1, 0.15) is 233 Å². The topological polar surface area (TPSA) is 78.9 Å². The summed E-state index contributed by atoms with van der Waals surface area (Å²) in [6.45, 7) is 6.25. The third kappa shape index (κ3) is 63.1. The molecule has 1 atom stereocenters. The first-order valence-corrected chi connectivity index (χ1v) is 31.4. The molecule has 80 heavy (non-hydrogen) atoms. The molecule has 0 bridgehead atoms. The van der Waals surface area contributed by atoms with Crippen molar-refractivity contribution < 1.29 is 28.6 Å². The first kappa shape index (κ1) is 74.2. The summed E-state index contributed by atoms with van der Waals surface area (Å²) in [6, 6.07) is 0. The molecule has 0 saturated carbocycles. The van der Waals surface area contributed by atoms with Crippen LogP contribution >= 0.6 is 0 Å². The van der Waals surface area contributed by atoms with Gasteiger partial charge in [-0.05, 0) is 161 Å². The van der Waals surface area contributed by atoms with E-state index in [0.29, 0.717) is 19.3 Å². The van der Waals surface area contributed by atoms with Crippen molar-refractivity contribution in [2.24, 2.45) is 0 Å². The zero-order chi connectivity index (χ0) is 57.8. The molecule has 0 aliphatic carbocycles. The molecular formula is C74H112O6. The Kier molecular flexibility index (Phi) is 61.0. The molecule has 0 aliphatic heterocycles. The predicted octanol–water partition coefficient (Wildman–Crippen LogP) is 21.8. The third-order valence-corrected chi connectivity index (χ3v) is 12.3. The maximum Gasteiger partial charge on any atom is 0.306 e. The van der Waals surface area contributed by atoms with Gasteiger partial charge in [0.1, 0.15) is 13.2 Å². The molecule has 6 nitrogen and oxygen atoms in total. The van der Waals surface area contributed by atoms with Crippen LogP contribution in [0.4, 0.5) is 0 Å². The highest BCUT2D eigenvalue weighted by atomic mass is 16.6. The highest BCUT2D eigenvalue weighted by Gasteiger charge is 2.19. The van der Waals surface area contributed by atoms with Gasteiger partial charge in [-0.3, -0.25) is 14.4 Å². The molecule has 0 fully saturated rings. The Morgan fingerprint density at radius 3 is 0.812 bits per heavy atom. The van der Waals surface area contributed by atoms with Crippen LogP contribution < -0.4 is 0 Å². The molecule has 0 aromatic rings. The number of hydrogen-bond acceptors (Lipinski definition) is 6. The van der Waals surface area contributed by atoms with Crippen LogP contribution in [0.25, 0.3) is 0 Å². The summed E-state index contributed by atoms with van der Waals surface area (Å²) in [7, 11) is 0. The van der Waals surface area contributed by atoms with Crippen molar-refractivity contribution in [3.63, 3.8) is 0 Å². The molecule has 0 spiro atoms. The molecule has 0 heterocycles. The van der Waals surface area contributed by atoms with Crippen molar-refractivity contribution >= 4 is 17.9 Å². The van der Waals surface area contributed by atoms with Crippen molar-refractivity contribution in [3.8, 4) is 0 Å². The summed E-state index contributed by atoms with van der Waals surface area (Å²) < 4.78 is 16.8. The molecule has 0 aromatic heterocycles. The number of ether oxygens (including phenoxy) is 3. The molecule has 1 unspecified atom stereocenters. The Bertz CT molecular complexity index is 1930. The molecule has 0 rings (SSSR count). The summed E-state index contributed by atoms with van der Waals surface area (Å²) in [4.78, 5) is 38.2. The molecular weight excluding hydrogens is 985 g/mol. The number of esters is 3.